The van der Waals surface area contributed by atoms with E-state index in [1.807, 2.05) is 0 Å². The van der Waals surface area contributed by atoms with Crippen LogP contribution < -0.4 is 5.32 Å². The van der Waals surface area contributed by atoms with E-state index >= 15 is 0 Å². The molecule has 2 unspecified atom stereocenters. The summed E-state index contributed by atoms with van der Waals surface area (Å²) in [5, 5.41) is 11.7. The van der Waals surface area contributed by atoms with E-state index in [2.05, 4.69) is 19.2 Å². The van der Waals surface area contributed by atoms with Crippen LogP contribution in [-0.4, -0.2) is 23.5 Å². The maximum atomic E-state index is 11.7. The van der Waals surface area contributed by atoms with Crippen molar-refractivity contribution in [2.45, 2.75) is 39.5 Å². The molecule has 0 radical (unpaired) electrons. The van der Waals surface area contributed by atoms with Gasteiger partial charge in [0.15, 0.2) is 0 Å². The van der Waals surface area contributed by atoms with E-state index in [0.29, 0.717) is 31.7 Å². The Morgan fingerprint density at radius 2 is 1.94 bits per heavy atom. The number of carboxylic acids is 1. The normalized spacial score (nSPS) is 24.7. The Kier molecular flexibility index (Phi) is 4.77. The van der Waals surface area contributed by atoms with Crippen molar-refractivity contribution in [1.82, 2.24) is 5.32 Å². The van der Waals surface area contributed by atoms with E-state index in [0.717, 1.165) is 6.42 Å². The van der Waals surface area contributed by atoms with Crippen LogP contribution in [-0.2, 0) is 9.59 Å². The topological polar surface area (TPSA) is 66.4 Å². The van der Waals surface area contributed by atoms with Gasteiger partial charge in [0.2, 0.25) is 5.91 Å². The summed E-state index contributed by atoms with van der Waals surface area (Å²) in [6, 6.07) is 0. The molecule has 1 saturated carbocycles. The quantitative estimate of drug-likeness (QED) is 0.750. The van der Waals surface area contributed by atoms with Gasteiger partial charge in [0.05, 0.1) is 5.92 Å². The lowest BCUT2D eigenvalue weighted by molar-refractivity contribution is -0.141. The lowest BCUT2D eigenvalue weighted by Gasteiger charge is -2.11. The fourth-order valence-electron chi connectivity index (χ4n) is 2.07. The van der Waals surface area contributed by atoms with E-state index in [1.54, 1.807) is 0 Å². The van der Waals surface area contributed by atoms with Gasteiger partial charge in [0.1, 0.15) is 0 Å². The number of hydrogen-bond donors (Lipinski definition) is 2. The molecule has 0 aromatic heterocycles. The van der Waals surface area contributed by atoms with Crippen molar-refractivity contribution in [3.63, 3.8) is 0 Å². The second kappa shape index (κ2) is 5.87. The van der Waals surface area contributed by atoms with Gasteiger partial charge in [-0.3, -0.25) is 9.59 Å². The van der Waals surface area contributed by atoms with Crippen molar-refractivity contribution in [2.24, 2.45) is 17.8 Å². The molecule has 0 bridgehead atoms. The first-order valence-electron chi connectivity index (χ1n) is 6.01. The van der Waals surface area contributed by atoms with Gasteiger partial charge in [0.25, 0.3) is 0 Å². The highest BCUT2D eigenvalue weighted by Crippen LogP contribution is 2.31. The third kappa shape index (κ3) is 3.83. The molecule has 2 atom stereocenters. The molecule has 2 N–H and O–H groups in total. The fraction of sp³-hybridized carbons (Fsp3) is 0.833. The summed E-state index contributed by atoms with van der Waals surface area (Å²) in [6.07, 6.45) is 2.83. The molecule has 92 valence electrons. The van der Waals surface area contributed by atoms with E-state index in [1.165, 1.54) is 0 Å². The van der Waals surface area contributed by atoms with Crippen molar-refractivity contribution in [3.8, 4) is 0 Å². The Morgan fingerprint density at radius 3 is 2.44 bits per heavy atom. The summed E-state index contributed by atoms with van der Waals surface area (Å²) >= 11 is 0. The van der Waals surface area contributed by atoms with E-state index < -0.39 is 5.97 Å². The number of aliphatic carboxylic acids is 1. The minimum atomic E-state index is -0.766. The molecule has 1 aliphatic rings. The van der Waals surface area contributed by atoms with Crippen LogP contribution in [0.15, 0.2) is 0 Å². The summed E-state index contributed by atoms with van der Waals surface area (Å²) < 4.78 is 0. The number of carboxylic acid groups (broad SMARTS) is 1. The summed E-state index contributed by atoms with van der Waals surface area (Å²) in [4.78, 5) is 22.4. The average Bonchev–Trinajstić information content (AvgIpc) is 2.65. The number of amides is 1. The summed E-state index contributed by atoms with van der Waals surface area (Å²) in [5.41, 5.74) is 0. The van der Waals surface area contributed by atoms with Gasteiger partial charge in [-0.25, -0.2) is 0 Å². The van der Waals surface area contributed by atoms with E-state index in [4.69, 9.17) is 5.11 Å². The Morgan fingerprint density at radius 1 is 1.31 bits per heavy atom. The molecule has 1 fully saturated rings. The molecule has 16 heavy (non-hydrogen) atoms. The van der Waals surface area contributed by atoms with Gasteiger partial charge in [0, 0.05) is 12.5 Å². The maximum Gasteiger partial charge on any atom is 0.306 e. The smallest absolute Gasteiger partial charge is 0.306 e. The zero-order valence-electron chi connectivity index (χ0n) is 10.0. The van der Waals surface area contributed by atoms with E-state index in [9.17, 15) is 9.59 Å². The van der Waals surface area contributed by atoms with Crippen LogP contribution in [0.3, 0.4) is 0 Å². The molecule has 0 saturated heterocycles. The minimum Gasteiger partial charge on any atom is -0.481 e. The molecular formula is C12H21NO3. The largest absolute Gasteiger partial charge is 0.481 e. The fourth-order valence-corrected chi connectivity index (χ4v) is 2.07. The van der Waals surface area contributed by atoms with Crippen LogP contribution in [0.5, 0.6) is 0 Å². The molecule has 1 rings (SSSR count). The molecule has 4 heteroatoms. The van der Waals surface area contributed by atoms with Crippen molar-refractivity contribution in [3.05, 3.63) is 0 Å². The Labute approximate surface area is 96.4 Å². The molecule has 0 aromatic carbocycles. The van der Waals surface area contributed by atoms with Crippen LogP contribution in [0, 0.1) is 17.8 Å². The molecule has 0 spiro atoms. The highest BCUT2D eigenvalue weighted by Gasteiger charge is 2.33. The molecule has 0 aromatic rings. The first-order valence-corrected chi connectivity index (χ1v) is 6.01. The molecular weight excluding hydrogens is 206 g/mol. The zero-order chi connectivity index (χ0) is 12.1. The zero-order valence-corrected chi connectivity index (χ0v) is 10.0. The predicted molar refractivity (Wildman–Crippen MR) is 60.9 cm³/mol. The van der Waals surface area contributed by atoms with Crippen LogP contribution in [0.1, 0.15) is 39.5 Å². The minimum absolute atomic E-state index is 0.0319. The van der Waals surface area contributed by atoms with Gasteiger partial charge in [-0.15, -0.1) is 0 Å². The molecule has 1 aliphatic carbocycles. The Bertz CT molecular complexity index is 263. The SMILES string of the molecule is CC(C)CCNC(=O)C1CCC(C(=O)O)C1. The van der Waals surface area contributed by atoms with Gasteiger partial charge in [-0.05, 0) is 31.6 Å². The number of carbonyl (C=O) groups is 2. The van der Waals surface area contributed by atoms with Crippen LogP contribution in [0.4, 0.5) is 0 Å². The van der Waals surface area contributed by atoms with Gasteiger partial charge in [-0.2, -0.15) is 0 Å². The third-order valence-electron chi connectivity index (χ3n) is 3.17. The molecule has 0 aliphatic heterocycles. The highest BCUT2D eigenvalue weighted by molar-refractivity contribution is 5.80. The Balaban J connectivity index is 2.26. The maximum absolute atomic E-state index is 11.7. The first kappa shape index (κ1) is 13.0. The highest BCUT2D eigenvalue weighted by atomic mass is 16.4. The standard InChI is InChI=1S/C12H21NO3/c1-8(2)5-6-13-11(14)9-3-4-10(7-9)12(15)16/h8-10H,3-7H2,1-2H3,(H,13,14)(H,15,16). The molecule has 0 heterocycles. The summed E-state index contributed by atoms with van der Waals surface area (Å²) in [5.74, 6) is -0.563. The lowest BCUT2D eigenvalue weighted by atomic mass is 10.0. The van der Waals surface area contributed by atoms with E-state index in [-0.39, 0.29) is 17.7 Å². The van der Waals surface area contributed by atoms with Gasteiger partial charge < -0.3 is 10.4 Å². The van der Waals surface area contributed by atoms with Crippen molar-refractivity contribution < 1.29 is 14.7 Å². The van der Waals surface area contributed by atoms with Crippen LogP contribution in [0.2, 0.25) is 0 Å². The number of hydrogen-bond acceptors (Lipinski definition) is 2. The monoisotopic (exact) mass is 227 g/mol. The third-order valence-corrected chi connectivity index (χ3v) is 3.17. The average molecular weight is 227 g/mol. The number of rotatable bonds is 5. The molecule has 4 nitrogen and oxygen atoms in total. The van der Waals surface area contributed by atoms with Gasteiger partial charge in [-0.1, -0.05) is 13.8 Å². The predicted octanol–water partition coefficient (Wildman–Crippen LogP) is 1.65. The summed E-state index contributed by atoms with van der Waals surface area (Å²) in [7, 11) is 0. The number of carbonyl (C=O) groups excluding carboxylic acids is 1. The first-order chi connectivity index (χ1) is 7.50. The van der Waals surface area contributed by atoms with Crippen LogP contribution in [0.25, 0.3) is 0 Å². The summed E-state index contributed by atoms with van der Waals surface area (Å²) in [6.45, 7) is 4.93. The Hall–Kier alpha value is -1.06. The second-order valence-electron chi connectivity index (χ2n) is 5.02. The van der Waals surface area contributed by atoms with Crippen molar-refractivity contribution in [2.75, 3.05) is 6.54 Å². The lowest BCUT2D eigenvalue weighted by Crippen LogP contribution is -2.31. The molecule has 1 amide bonds. The van der Waals surface area contributed by atoms with Gasteiger partial charge >= 0.3 is 5.97 Å². The number of nitrogens with one attached hydrogen (secondary N) is 1. The van der Waals surface area contributed by atoms with Crippen molar-refractivity contribution in [1.29, 1.82) is 0 Å². The van der Waals surface area contributed by atoms with Crippen molar-refractivity contribution >= 4 is 11.9 Å². The second-order valence-corrected chi connectivity index (χ2v) is 5.02. The van der Waals surface area contributed by atoms with Crippen LogP contribution >= 0.6 is 0 Å².